The van der Waals surface area contributed by atoms with E-state index >= 15 is 0 Å². The number of hydrogen-bond donors (Lipinski definition) is 5. The summed E-state index contributed by atoms with van der Waals surface area (Å²) in [6.45, 7) is 0. The fourth-order valence-corrected chi connectivity index (χ4v) is 4.90. The molecule has 1 saturated carbocycles. The van der Waals surface area contributed by atoms with E-state index in [0.717, 1.165) is 0 Å². The van der Waals surface area contributed by atoms with Gasteiger partial charge in [-0.15, -0.1) is 0 Å². The monoisotopic (exact) mass is 405 g/mol. The molecule has 8 nitrogen and oxygen atoms in total. The molecule has 3 unspecified atom stereocenters. The van der Waals surface area contributed by atoms with Crippen LogP contribution in [0.5, 0.6) is 5.75 Å². The molecule has 0 saturated heterocycles. The highest BCUT2D eigenvalue weighted by atomic mass is 35.5. The molecule has 0 aliphatic heterocycles. The number of ketones is 2. The summed E-state index contributed by atoms with van der Waals surface area (Å²) in [5.41, 5.74) is 4.31. The smallest absolute Gasteiger partial charge is 0.255 e. The van der Waals surface area contributed by atoms with Gasteiger partial charge in [0.15, 0.2) is 11.6 Å². The summed E-state index contributed by atoms with van der Waals surface area (Å²) in [7, 11) is 0. The molecule has 1 fully saturated rings. The Hall–Kier alpha value is -2.84. The first-order valence-electron chi connectivity index (χ1n) is 8.58. The van der Waals surface area contributed by atoms with Crippen LogP contribution in [0.15, 0.2) is 29.0 Å². The molecule has 9 heteroatoms. The van der Waals surface area contributed by atoms with E-state index in [4.69, 9.17) is 17.3 Å². The first-order valence-corrected chi connectivity index (χ1v) is 8.96. The molecule has 1 aromatic rings. The first kappa shape index (κ1) is 18.5. The van der Waals surface area contributed by atoms with Crippen molar-refractivity contribution in [2.45, 2.75) is 18.9 Å². The molecule has 1 amide bonds. The van der Waals surface area contributed by atoms with Gasteiger partial charge in [-0.3, -0.25) is 14.4 Å². The van der Waals surface area contributed by atoms with E-state index in [2.05, 4.69) is 0 Å². The van der Waals surface area contributed by atoms with Crippen molar-refractivity contribution < 1.29 is 34.8 Å². The molecule has 4 atom stereocenters. The quantitative estimate of drug-likeness (QED) is 0.442. The number of halogens is 1. The van der Waals surface area contributed by atoms with Crippen molar-refractivity contribution >= 4 is 34.8 Å². The van der Waals surface area contributed by atoms with Crippen LogP contribution in [-0.2, 0) is 14.4 Å². The van der Waals surface area contributed by atoms with Gasteiger partial charge in [-0.1, -0.05) is 11.6 Å². The van der Waals surface area contributed by atoms with Crippen molar-refractivity contribution in [1.82, 2.24) is 0 Å². The Labute approximate surface area is 163 Å². The summed E-state index contributed by atoms with van der Waals surface area (Å²) in [6, 6.07) is 2.59. The molecular formula is C19H16ClNO7. The number of benzene rings is 1. The Bertz CT molecular complexity index is 1030. The standard InChI is InChI=1S/C19H16ClNO7/c20-7-1-2-8(22)13-12(7)15(24)6-3-5-4-9(23)14(19(21)28)17(26)10(5)16(25)11(6)18(13)27/h1-2,5-6,10,15,22,24,26-27H,3-4H2,(H2,21,28)/t5?,6-,10?,15?/m0/s1. The van der Waals surface area contributed by atoms with Crippen LogP contribution < -0.4 is 5.73 Å². The van der Waals surface area contributed by atoms with Gasteiger partial charge < -0.3 is 26.2 Å². The number of fused-ring (bicyclic) bond motifs is 3. The molecule has 28 heavy (non-hydrogen) atoms. The number of aliphatic hydroxyl groups excluding tert-OH is 3. The number of aliphatic hydroxyl groups is 3. The van der Waals surface area contributed by atoms with Crippen molar-refractivity contribution in [3.05, 3.63) is 45.2 Å². The number of rotatable bonds is 1. The lowest BCUT2D eigenvalue weighted by Crippen LogP contribution is -2.45. The lowest BCUT2D eigenvalue weighted by Gasteiger charge is -2.43. The van der Waals surface area contributed by atoms with Gasteiger partial charge in [0.05, 0.1) is 17.6 Å². The molecule has 6 N–H and O–H groups in total. The zero-order valence-electron chi connectivity index (χ0n) is 14.3. The molecule has 3 aliphatic carbocycles. The number of carbonyl (C=O) groups is 3. The number of Topliss-reactive ketones (excluding diaryl/α,β-unsaturated/α-hetero) is 2. The highest BCUT2D eigenvalue weighted by Gasteiger charge is 2.53. The second-order valence-corrected chi connectivity index (χ2v) is 7.67. The minimum absolute atomic E-state index is 0.0875. The lowest BCUT2D eigenvalue weighted by molar-refractivity contribution is -0.128. The van der Waals surface area contributed by atoms with Crippen LogP contribution in [0.3, 0.4) is 0 Å². The van der Waals surface area contributed by atoms with E-state index in [-0.39, 0.29) is 40.3 Å². The number of primary amides is 1. The Balaban J connectivity index is 1.93. The number of allylic oxidation sites excluding steroid dienone is 1. The molecule has 0 heterocycles. The molecule has 146 valence electrons. The number of aromatic hydroxyl groups is 1. The zero-order chi connectivity index (χ0) is 20.5. The van der Waals surface area contributed by atoms with Crippen LogP contribution in [-0.4, -0.2) is 37.9 Å². The van der Waals surface area contributed by atoms with Crippen LogP contribution in [0.1, 0.15) is 30.1 Å². The van der Waals surface area contributed by atoms with E-state index in [9.17, 15) is 34.8 Å². The predicted octanol–water partition coefficient (Wildman–Crippen LogP) is 1.45. The molecule has 0 bridgehead atoms. The van der Waals surface area contributed by atoms with Crippen molar-refractivity contribution in [2.24, 2.45) is 23.5 Å². The average molecular weight is 406 g/mol. The maximum atomic E-state index is 13.1. The SMILES string of the molecule is NC(=O)C1=C(O)C2C(=O)C3=C(O)c4c(O)ccc(Cl)c4C(O)[C@H]3CC2CC1=O. The Morgan fingerprint density at radius 2 is 1.86 bits per heavy atom. The second-order valence-electron chi connectivity index (χ2n) is 7.26. The molecule has 3 aliphatic rings. The average Bonchev–Trinajstić information content (AvgIpc) is 2.60. The summed E-state index contributed by atoms with van der Waals surface area (Å²) in [4.78, 5) is 36.9. The normalized spacial score (nSPS) is 29.4. The lowest BCUT2D eigenvalue weighted by atomic mass is 9.61. The minimum atomic E-state index is -1.30. The number of amides is 1. The molecule has 1 aromatic carbocycles. The molecule has 4 rings (SSSR count). The van der Waals surface area contributed by atoms with Gasteiger partial charge in [0, 0.05) is 28.5 Å². The van der Waals surface area contributed by atoms with Gasteiger partial charge in [-0.2, -0.15) is 0 Å². The maximum absolute atomic E-state index is 13.1. The maximum Gasteiger partial charge on any atom is 0.255 e. The third kappa shape index (κ3) is 2.31. The zero-order valence-corrected chi connectivity index (χ0v) is 15.1. The molecule has 0 aromatic heterocycles. The number of hydrogen-bond acceptors (Lipinski definition) is 7. The summed E-state index contributed by atoms with van der Waals surface area (Å²) in [6.07, 6.45) is -1.41. The molecular weight excluding hydrogens is 390 g/mol. The number of phenolic OH excluding ortho intramolecular Hbond substituents is 1. The van der Waals surface area contributed by atoms with Crippen LogP contribution in [0, 0.1) is 17.8 Å². The van der Waals surface area contributed by atoms with Gasteiger partial charge in [-0.25, -0.2) is 0 Å². The van der Waals surface area contributed by atoms with E-state index in [0.29, 0.717) is 0 Å². The number of carbonyl (C=O) groups excluding carboxylic acids is 3. The third-order valence-electron chi connectivity index (χ3n) is 5.81. The van der Waals surface area contributed by atoms with Crippen molar-refractivity contribution in [2.75, 3.05) is 0 Å². The highest BCUT2D eigenvalue weighted by molar-refractivity contribution is 6.32. The van der Waals surface area contributed by atoms with Gasteiger partial charge in [-0.05, 0) is 24.5 Å². The van der Waals surface area contributed by atoms with Crippen molar-refractivity contribution in [1.29, 1.82) is 0 Å². The predicted molar refractivity (Wildman–Crippen MR) is 96.2 cm³/mol. The summed E-state index contributed by atoms with van der Waals surface area (Å²) in [5, 5.41) is 42.2. The largest absolute Gasteiger partial charge is 0.511 e. The number of phenols is 1. The minimum Gasteiger partial charge on any atom is -0.511 e. The molecule has 0 radical (unpaired) electrons. The van der Waals surface area contributed by atoms with Crippen LogP contribution >= 0.6 is 11.6 Å². The topological polar surface area (TPSA) is 158 Å². The Morgan fingerprint density at radius 3 is 2.50 bits per heavy atom. The molecule has 0 spiro atoms. The van der Waals surface area contributed by atoms with Gasteiger partial charge >= 0.3 is 0 Å². The third-order valence-corrected chi connectivity index (χ3v) is 6.14. The fourth-order valence-electron chi connectivity index (χ4n) is 4.63. The van der Waals surface area contributed by atoms with E-state index in [1.165, 1.54) is 12.1 Å². The van der Waals surface area contributed by atoms with Gasteiger partial charge in [0.1, 0.15) is 22.8 Å². The second kappa shape index (κ2) is 6.08. The van der Waals surface area contributed by atoms with Crippen molar-refractivity contribution in [3.63, 3.8) is 0 Å². The summed E-state index contributed by atoms with van der Waals surface area (Å²) in [5.74, 6) is -6.94. The van der Waals surface area contributed by atoms with Gasteiger partial charge in [0.25, 0.3) is 5.91 Å². The van der Waals surface area contributed by atoms with Crippen molar-refractivity contribution in [3.8, 4) is 5.75 Å². The summed E-state index contributed by atoms with van der Waals surface area (Å²) >= 11 is 6.14. The summed E-state index contributed by atoms with van der Waals surface area (Å²) < 4.78 is 0. The van der Waals surface area contributed by atoms with Crippen LogP contribution in [0.2, 0.25) is 5.02 Å². The van der Waals surface area contributed by atoms with Crippen LogP contribution in [0.4, 0.5) is 0 Å². The Kier molecular flexibility index (Phi) is 4.02. The van der Waals surface area contributed by atoms with Gasteiger partial charge in [0.2, 0.25) is 0 Å². The Morgan fingerprint density at radius 1 is 1.18 bits per heavy atom. The number of nitrogens with two attached hydrogens (primary N) is 1. The van der Waals surface area contributed by atoms with Crippen LogP contribution in [0.25, 0.3) is 5.76 Å². The van der Waals surface area contributed by atoms with E-state index in [1.807, 2.05) is 0 Å². The highest BCUT2D eigenvalue weighted by Crippen LogP contribution is 2.54. The van der Waals surface area contributed by atoms with E-state index in [1.54, 1.807) is 0 Å². The fraction of sp³-hybridized carbons (Fsp3) is 0.316. The first-order chi connectivity index (χ1) is 13.1. The van der Waals surface area contributed by atoms with E-state index < -0.39 is 58.4 Å².